The van der Waals surface area contributed by atoms with Crippen LogP contribution in [0.4, 0.5) is 10.5 Å². The molecule has 1 fully saturated rings. The van der Waals surface area contributed by atoms with E-state index in [9.17, 15) is 14.4 Å². The number of carbonyl (C=O) groups excluding carboxylic acids is 3. The lowest BCUT2D eigenvalue weighted by atomic mass is 10.0. The van der Waals surface area contributed by atoms with Crippen LogP contribution in [0, 0.1) is 0 Å². The zero-order valence-electron chi connectivity index (χ0n) is 17.1. The quantitative estimate of drug-likeness (QED) is 0.647. The number of nitrogens with one attached hydrogen (secondary N) is 2. The predicted octanol–water partition coefficient (Wildman–Crippen LogP) is 3.43. The highest BCUT2D eigenvalue weighted by atomic mass is 79.9. The number of anilines is 1. The van der Waals surface area contributed by atoms with Crippen molar-refractivity contribution in [1.29, 1.82) is 0 Å². The molecule has 1 saturated heterocycles. The van der Waals surface area contributed by atoms with Crippen molar-refractivity contribution >= 4 is 39.5 Å². The average molecular weight is 490 g/mol. The van der Waals surface area contributed by atoms with Crippen molar-refractivity contribution in [2.24, 2.45) is 0 Å². The number of hydrogen-bond donors (Lipinski definition) is 2. The van der Waals surface area contributed by atoms with Gasteiger partial charge in [0, 0.05) is 29.3 Å². The second kappa shape index (κ2) is 10.8. The van der Waals surface area contributed by atoms with Gasteiger partial charge in [-0.25, -0.2) is 4.79 Å². The van der Waals surface area contributed by atoms with Gasteiger partial charge in [-0.3, -0.25) is 9.59 Å². The molecular weight excluding hydrogens is 466 g/mol. The van der Waals surface area contributed by atoms with Crippen LogP contribution in [-0.4, -0.2) is 55.7 Å². The molecular formula is C22H24BrN3O5. The Kier molecular flexibility index (Phi) is 7.88. The zero-order valence-corrected chi connectivity index (χ0v) is 18.7. The smallest absolute Gasteiger partial charge is 0.409 e. The van der Waals surface area contributed by atoms with Crippen LogP contribution in [0.1, 0.15) is 23.2 Å². The highest BCUT2D eigenvalue weighted by Gasteiger charge is 2.25. The largest absolute Gasteiger partial charge is 0.483 e. The van der Waals surface area contributed by atoms with E-state index in [0.29, 0.717) is 42.9 Å². The summed E-state index contributed by atoms with van der Waals surface area (Å²) in [5, 5.41) is 5.73. The van der Waals surface area contributed by atoms with E-state index >= 15 is 0 Å². The van der Waals surface area contributed by atoms with Crippen molar-refractivity contribution in [3.05, 3.63) is 58.6 Å². The van der Waals surface area contributed by atoms with E-state index in [2.05, 4.69) is 26.6 Å². The van der Waals surface area contributed by atoms with Gasteiger partial charge < -0.3 is 25.0 Å². The molecule has 1 aliphatic rings. The molecule has 0 radical (unpaired) electrons. The maximum Gasteiger partial charge on any atom is 0.409 e. The normalized spacial score (nSPS) is 13.9. The molecule has 0 aliphatic carbocycles. The van der Waals surface area contributed by atoms with Crippen molar-refractivity contribution in [2.45, 2.75) is 18.9 Å². The fraction of sp³-hybridized carbons (Fsp3) is 0.318. The fourth-order valence-electron chi connectivity index (χ4n) is 3.25. The van der Waals surface area contributed by atoms with Gasteiger partial charge in [-0.05, 0) is 49.2 Å². The number of likely N-dealkylation sites (tertiary alicyclic amines) is 1. The van der Waals surface area contributed by atoms with E-state index in [0.717, 1.165) is 4.47 Å². The maximum atomic E-state index is 12.8. The minimum atomic E-state index is -0.357. The first-order chi connectivity index (χ1) is 15.0. The van der Waals surface area contributed by atoms with E-state index in [4.69, 9.17) is 9.47 Å². The summed E-state index contributed by atoms with van der Waals surface area (Å²) in [5.41, 5.74) is 1.01. The molecule has 0 atom stereocenters. The number of benzene rings is 2. The van der Waals surface area contributed by atoms with E-state index in [1.807, 2.05) is 12.1 Å². The molecule has 31 heavy (non-hydrogen) atoms. The van der Waals surface area contributed by atoms with E-state index in [1.54, 1.807) is 41.3 Å². The lowest BCUT2D eigenvalue weighted by Gasteiger charge is -2.31. The molecule has 0 saturated carbocycles. The second-order valence-electron chi connectivity index (χ2n) is 7.04. The van der Waals surface area contributed by atoms with Crippen LogP contribution in [0.5, 0.6) is 5.75 Å². The number of para-hydroxylation sites is 1. The number of amides is 3. The number of ether oxygens (including phenoxy) is 2. The summed E-state index contributed by atoms with van der Waals surface area (Å²) in [5.74, 6) is -0.272. The van der Waals surface area contributed by atoms with Crippen LogP contribution >= 0.6 is 15.9 Å². The Morgan fingerprint density at radius 3 is 2.42 bits per heavy atom. The number of piperidine rings is 1. The molecule has 1 heterocycles. The topological polar surface area (TPSA) is 97.0 Å². The first kappa shape index (κ1) is 22.6. The lowest BCUT2D eigenvalue weighted by molar-refractivity contribution is -0.118. The van der Waals surface area contributed by atoms with Gasteiger partial charge in [0.1, 0.15) is 5.75 Å². The Balaban J connectivity index is 1.53. The van der Waals surface area contributed by atoms with Gasteiger partial charge >= 0.3 is 6.09 Å². The van der Waals surface area contributed by atoms with Gasteiger partial charge in [0.05, 0.1) is 12.7 Å². The minimum absolute atomic E-state index is 0.0536. The third kappa shape index (κ3) is 6.45. The molecule has 2 aromatic carbocycles. The van der Waals surface area contributed by atoms with Crippen molar-refractivity contribution in [3.8, 4) is 5.75 Å². The number of methoxy groups -OCH3 is 1. The van der Waals surface area contributed by atoms with Crippen LogP contribution in [0.2, 0.25) is 0 Å². The average Bonchev–Trinajstić information content (AvgIpc) is 2.79. The molecule has 164 valence electrons. The molecule has 2 N–H and O–H groups in total. The third-order valence-corrected chi connectivity index (χ3v) is 5.41. The summed E-state index contributed by atoms with van der Waals surface area (Å²) >= 11 is 3.34. The Hall–Kier alpha value is -3.07. The number of nitrogens with zero attached hydrogens (tertiary/aromatic N) is 1. The van der Waals surface area contributed by atoms with E-state index in [-0.39, 0.29) is 30.6 Å². The summed E-state index contributed by atoms with van der Waals surface area (Å²) in [6.45, 7) is 0.815. The van der Waals surface area contributed by atoms with Crippen molar-refractivity contribution in [1.82, 2.24) is 10.2 Å². The Labute approximate surface area is 189 Å². The second-order valence-corrected chi connectivity index (χ2v) is 7.96. The first-order valence-corrected chi connectivity index (χ1v) is 10.7. The Morgan fingerprint density at radius 1 is 1.06 bits per heavy atom. The standard InChI is InChI=1S/C22H24BrN3O5/c1-30-22(29)26-12-10-17(11-13-26)25-21(28)18-4-2-3-5-19(18)31-14-20(27)24-16-8-6-15(23)7-9-16/h2-9,17H,10-14H2,1H3,(H,24,27)(H,25,28). The first-order valence-electron chi connectivity index (χ1n) is 9.87. The fourth-order valence-corrected chi connectivity index (χ4v) is 3.52. The summed E-state index contributed by atoms with van der Waals surface area (Å²) in [6, 6.07) is 13.9. The van der Waals surface area contributed by atoms with Crippen LogP contribution in [0.25, 0.3) is 0 Å². The minimum Gasteiger partial charge on any atom is -0.483 e. The van der Waals surface area contributed by atoms with Crippen molar-refractivity contribution in [3.63, 3.8) is 0 Å². The number of carbonyl (C=O) groups is 3. The van der Waals surface area contributed by atoms with Gasteiger partial charge in [-0.2, -0.15) is 0 Å². The molecule has 2 aromatic rings. The van der Waals surface area contributed by atoms with Gasteiger partial charge in [-0.15, -0.1) is 0 Å². The molecule has 0 spiro atoms. The predicted molar refractivity (Wildman–Crippen MR) is 119 cm³/mol. The molecule has 0 aromatic heterocycles. The molecule has 0 bridgehead atoms. The molecule has 9 heteroatoms. The monoisotopic (exact) mass is 489 g/mol. The lowest BCUT2D eigenvalue weighted by Crippen LogP contribution is -2.46. The van der Waals surface area contributed by atoms with Gasteiger partial charge in [0.25, 0.3) is 11.8 Å². The van der Waals surface area contributed by atoms with Gasteiger partial charge in [-0.1, -0.05) is 28.1 Å². The van der Waals surface area contributed by atoms with Gasteiger partial charge in [0.2, 0.25) is 0 Å². The number of rotatable bonds is 6. The highest BCUT2D eigenvalue weighted by Crippen LogP contribution is 2.20. The van der Waals surface area contributed by atoms with Crippen molar-refractivity contribution in [2.75, 3.05) is 32.1 Å². The SMILES string of the molecule is COC(=O)N1CCC(NC(=O)c2ccccc2OCC(=O)Nc2ccc(Br)cc2)CC1. The maximum absolute atomic E-state index is 12.8. The third-order valence-electron chi connectivity index (χ3n) is 4.88. The zero-order chi connectivity index (χ0) is 22.2. The number of halogens is 1. The Morgan fingerprint density at radius 2 is 1.74 bits per heavy atom. The van der Waals surface area contributed by atoms with Crippen molar-refractivity contribution < 1.29 is 23.9 Å². The molecule has 8 nitrogen and oxygen atoms in total. The summed E-state index contributed by atoms with van der Waals surface area (Å²) in [6.07, 6.45) is 0.920. The van der Waals surface area contributed by atoms with E-state index < -0.39 is 0 Å². The van der Waals surface area contributed by atoms with Crippen LogP contribution in [0.15, 0.2) is 53.0 Å². The van der Waals surface area contributed by atoms with Gasteiger partial charge in [0.15, 0.2) is 6.61 Å². The Bertz CT molecular complexity index is 927. The van der Waals surface area contributed by atoms with Crippen LogP contribution in [-0.2, 0) is 9.53 Å². The summed E-state index contributed by atoms with van der Waals surface area (Å²) < 4.78 is 11.3. The van der Waals surface area contributed by atoms with Crippen LogP contribution < -0.4 is 15.4 Å². The molecule has 3 amide bonds. The summed E-state index contributed by atoms with van der Waals surface area (Å²) in [7, 11) is 1.35. The highest BCUT2D eigenvalue weighted by molar-refractivity contribution is 9.10. The molecule has 0 unspecified atom stereocenters. The van der Waals surface area contributed by atoms with E-state index in [1.165, 1.54) is 7.11 Å². The molecule has 3 rings (SSSR count). The summed E-state index contributed by atoms with van der Waals surface area (Å²) in [4.78, 5) is 38.2. The number of hydrogen-bond acceptors (Lipinski definition) is 5. The molecule has 1 aliphatic heterocycles. The van der Waals surface area contributed by atoms with Crippen LogP contribution in [0.3, 0.4) is 0 Å².